The fourth-order valence-electron chi connectivity index (χ4n) is 4.98. The Morgan fingerprint density at radius 3 is 2.12 bits per heavy atom. The van der Waals surface area contributed by atoms with Crippen molar-refractivity contribution >= 4 is 28.2 Å². The second-order valence-corrected chi connectivity index (χ2v) is 10.2. The molecule has 1 aromatic heterocycles. The highest BCUT2D eigenvalue weighted by Gasteiger charge is 2.37. The number of benzene rings is 3. The van der Waals surface area contributed by atoms with Gasteiger partial charge in [-0.2, -0.15) is 4.57 Å². The average molecular weight is 594 g/mol. The number of aromatic nitrogens is 1. The van der Waals surface area contributed by atoms with Crippen LogP contribution in [0.25, 0.3) is 28.1 Å². The average Bonchev–Trinajstić information content (AvgIpc) is 2.88. The molecule has 1 nitrogen and oxygen atoms in total. The molecule has 1 atom stereocenters. The Kier molecular flexibility index (Phi) is 8.22. The summed E-state index contributed by atoms with van der Waals surface area (Å²) < 4.78 is 3.57. The molecule has 34 heavy (non-hydrogen) atoms. The van der Waals surface area contributed by atoms with Gasteiger partial charge < -0.3 is 24.0 Å². The van der Waals surface area contributed by atoms with E-state index in [4.69, 9.17) is 12.2 Å². The third-order valence-electron chi connectivity index (χ3n) is 6.58. The number of fused-ring (bicyclic) bond motifs is 1. The summed E-state index contributed by atoms with van der Waals surface area (Å²) >= 11 is 7.67. The van der Waals surface area contributed by atoms with Gasteiger partial charge in [-0.3, -0.25) is 0 Å². The largest absolute Gasteiger partial charge is 1.00 e. The van der Waals surface area contributed by atoms with Gasteiger partial charge in [0.2, 0.25) is 17.1 Å². The molecule has 0 spiro atoms. The van der Waals surface area contributed by atoms with Gasteiger partial charge in [0.25, 0.3) is 0 Å². The zero-order valence-electron chi connectivity index (χ0n) is 19.5. The van der Waals surface area contributed by atoms with Gasteiger partial charge in [-0.05, 0) is 55.7 Å². The van der Waals surface area contributed by atoms with Gasteiger partial charge in [-0.15, -0.1) is 11.8 Å². The summed E-state index contributed by atoms with van der Waals surface area (Å²) in [5.74, 6) is 0.256. The Labute approximate surface area is 229 Å². The van der Waals surface area contributed by atoms with Crippen molar-refractivity contribution in [2.75, 3.05) is 6.26 Å². The van der Waals surface area contributed by atoms with Crippen LogP contribution in [-0.2, 0) is 6.42 Å². The lowest BCUT2D eigenvalue weighted by atomic mass is 9.82. The number of pyridine rings is 1. The summed E-state index contributed by atoms with van der Waals surface area (Å²) in [6.07, 6.45) is 5.46. The number of rotatable bonds is 4. The molecule has 5 rings (SSSR count). The summed E-state index contributed by atoms with van der Waals surface area (Å²) in [4.78, 5) is 0. The van der Waals surface area contributed by atoms with E-state index in [1.54, 1.807) is 11.8 Å². The summed E-state index contributed by atoms with van der Waals surface area (Å²) in [6, 6.07) is 32.9. The second kappa shape index (κ2) is 11.1. The van der Waals surface area contributed by atoms with Gasteiger partial charge in [-0.25, -0.2) is 0 Å². The van der Waals surface area contributed by atoms with Crippen molar-refractivity contribution in [2.24, 2.45) is 0 Å². The Balaban J connectivity index is 0.00000274. The van der Waals surface area contributed by atoms with Crippen LogP contribution >= 0.6 is 24.0 Å². The number of aryl methyl sites for hydroxylation is 1. The van der Waals surface area contributed by atoms with Gasteiger partial charge in [-0.1, -0.05) is 78.4 Å². The maximum absolute atomic E-state index is 5.95. The molecule has 0 fully saturated rings. The van der Waals surface area contributed by atoms with Crippen molar-refractivity contribution in [1.29, 1.82) is 0 Å². The van der Waals surface area contributed by atoms with E-state index in [-0.39, 0.29) is 29.9 Å². The predicted molar refractivity (Wildman–Crippen MR) is 145 cm³/mol. The molecule has 4 aromatic rings. The molecule has 0 saturated heterocycles. The first-order chi connectivity index (χ1) is 16.2. The van der Waals surface area contributed by atoms with Crippen LogP contribution in [0, 0.1) is 6.92 Å². The zero-order valence-corrected chi connectivity index (χ0v) is 23.3. The van der Waals surface area contributed by atoms with E-state index in [2.05, 4.69) is 109 Å². The quantitative estimate of drug-likeness (QED) is 0.192. The Morgan fingerprint density at radius 1 is 0.882 bits per heavy atom. The number of hydrogen-bond acceptors (Lipinski definition) is 2. The third-order valence-corrected chi connectivity index (χ3v) is 8.05. The lowest BCUT2D eigenvalue weighted by Gasteiger charge is -2.26. The molecule has 0 amide bonds. The first kappa shape index (κ1) is 25.1. The van der Waals surface area contributed by atoms with Gasteiger partial charge in [0.05, 0.1) is 10.1 Å². The van der Waals surface area contributed by atoms with Crippen molar-refractivity contribution in [3.05, 3.63) is 108 Å². The highest BCUT2D eigenvalue weighted by atomic mass is 127. The third kappa shape index (κ3) is 4.86. The second-order valence-electron chi connectivity index (χ2n) is 8.68. The number of hydrogen-bond donors (Lipinski definition) is 0. The van der Waals surface area contributed by atoms with Crippen LogP contribution in [-0.4, -0.2) is 10.5 Å². The maximum atomic E-state index is 5.95. The van der Waals surface area contributed by atoms with E-state index >= 15 is 0 Å². The highest BCUT2D eigenvalue weighted by Crippen LogP contribution is 2.40. The SMILES string of the molecule is CSC(=S)C1CCCc2c(-c3ccccc3)cc(-c3ccccc3)[n+](-c3ccc(C)cc3)c21.[I-]. The minimum absolute atomic E-state index is 0. The monoisotopic (exact) mass is 593 g/mol. The molecule has 0 bridgehead atoms. The lowest BCUT2D eigenvalue weighted by Crippen LogP contribution is -3.00. The summed E-state index contributed by atoms with van der Waals surface area (Å²) in [5, 5.41) is 0. The van der Waals surface area contributed by atoms with Crippen LogP contribution in [0.3, 0.4) is 0 Å². The molecule has 1 heterocycles. The van der Waals surface area contributed by atoms with E-state index in [0.717, 1.165) is 23.5 Å². The molecule has 3 aromatic carbocycles. The Bertz CT molecular complexity index is 1290. The summed E-state index contributed by atoms with van der Waals surface area (Å²) in [7, 11) is 0. The van der Waals surface area contributed by atoms with E-state index in [1.165, 1.54) is 44.9 Å². The number of thioether (sulfide) groups is 1. The Morgan fingerprint density at radius 2 is 1.50 bits per heavy atom. The molecule has 1 unspecified atom stereocenters. The molecule has 0 N–H and O–H groups in total. The maximum Gasteiger partial charge on any atom is 0.219 e. The van der Waals surface area contributed by atoms with Crippen molar-refractivity contribution in [3.63, 3.8) is 0 Å². The standard InChI is InChI=1S/C30H28NS2.HI/c1-21-16-18-24(19-17-21)31-28(23-12-7-4-8-13-23)20-27(22-10-5-3-6-11-22)25-14-9-15-26(29(25)31)30(32)33-2;/h3-8,10-13,16-20,26H,9,14-15H2,1-2H3;1H/q+1;/p-1. The van der Waals surface area contributed by atoms with Gasteiger partial charge in [0.1, 0.15) is 0 Å². The van der Waals surface area contributed by atoms with Crippen molar-refractivity contribution in [1.82, 2.24) is 0 Å². The topological polar surface area (TPSA) is 3.88 Å². The first-order valence-electron chi connectivity index (χ1n) is 11.5. The first-order valence-corrected chi connectivity index (χ1v) is 13.2. The number of nitrogens with zero attached hydrogens (tertiary/aromatic N) is 1. The van der Waals surface area contributed by atoms with E-state index in [9.17, 15) is 0 Å². The van der Waals surface area contributed by atoms with Crippen LogP contribution in [0.1, 0.15) is 35.6 Å². The van der Waals surface area contributed by atoms with Crippen molar-refractivity contribution < 1.29 is 28.5 Å². The molecule has 1 aliphatic rings. The normalized spacial score (nSPS) is 14.7. The van der Waals surface area contributed by atoms with Crippen LogP contribution in [0.5, 0.6) is 0 Å². The molecule has 0 aliphatic heterocycles. The smallest absolute Gasteiger partial charge is 0.219 e. The molecule has 0 radical (unpaired) electrons. The van der Waals surface area contributed by atoms with Crippen molar-refractivity contribution in [2.45, 2.75) is 32.1 Å². The fourth-order valence-corrected chi connectivity index (χ4v) is 5.72. The van der Waals surface area contributed by atoms with Crippen LogP contribution in [0.15, 0.2) is 91.0 Å². The molecule has 4 heteroatoms. The molecule has 1 aliphatic carbocycles. The van der Waals surface area contributed by atoms with Gasteiger partial charge in [0, 0.05) is 29.3 Å². The highest BCUT2D eigenvalue weighted by molar-refractivity contribution is 8.22. The van der Waals surface area contributed by atoms with Crippen LogP contribution < -0.4 is 28.5 Å². The molecular formula is C30H28INS2. The van der Waals surface area contributed by atoms with Gasteiger partial charge in [0.15, 0.2) is 0 Å². The predicted octanol–water partition coefficient (Wildman–Crippen LogP) is 4.72. The summed E-state index contributed by atoms with van der Waals surface area (Å²) in [5.41, 5.74) is 10.3. The van der Waals surface area contributed by atoms with Crippen molar-refractivity contribution in [3.8, 4) is 28.1 Å². The van der Waals surface area contributed by atoms with E-state index in [0.29, 0.717) is 0 Å². The molecule has 0 saturated carbocycles. The van der Waals surface area contributed by atoms with E-state index < -0.39 is 0 Å². The van der Waals surface area contributed by atoms with Crippen LogP contribution in [0.4, 0.5) is 0 Å². The number of halogens is 1. The van der Waals surface area contributed by atoms with Gasteiger partial charge >= 0.3 is 0 Å². The van der Waals surface area contributed by atoms with E-state index in [1.807, 2.05) is 0 Å². The minimum atomic E-state index is 0. The van der Waals surface area contributed by atoms with Crippen LogP contribution in [0.2, 0.25) is 0 Å². The molecule has 172 valence electrons. The molecular weight excluding hydrogens is 565 g/mol. The Hall–Kier alpha value is -2.02. The zero-order chi connectivity index (χ0) is 22.8. The summed E-state index contributed by atoms with van der Waals surface area (Å²) in [6.45, 7) is 2.15. The fraction of sp³-hybridized carbons (Fsp3) is 0.200. The minimum Gasteiger partial charge on any atom is -1.00 e. The number of thiocarbonyl (C=S) groups is 1. The lowest BCUT2D eigenvalue weighted by molar-refractivity contribution is -0.594.